The molecule has 2 aromatic rings. The van der Waals surface area contributed by atoms with Gasteiger partial charge in [0.15, 0.2) is 0 Å². The van der Waals surface area contributed by atoms with E-state index >= 15 is 0 Å². The van der Waals surface area contributed by atoms with Gasteiger partial charge in [0.25, 0.3) is 0 Å². The highest BCUT2D eigenvalue weighted by atomic mass is 16.5. The normalized spacial score (nSPS) is 15.6. The molecule has 1 aromatic heterocycles. The molecule has 0 radical (unpaired) electrons. The summed E-state index contributed by atoms with van der Waals surface area (Å²) in [5.74, 6) is 1.44. The van der Waals surface area contributed by atoms with E-state index < -0.39 is 6.09 Å². The van der Waals surface area contributed by atoms with E-state index in [1.54, 1.807) is 0 Å². The Labute approximate surface area is 136 Å². The Morgan fingerprint density at radius 1 is 1.13 bits per heavy atom. The molecule has 1 aromatic carbocycles. The zero-order valence-corrected chi connectivity index (χ0v) is 13.1. The highest BCUT2D eigenvalue weighted by Crippen LogP contribution is 2.21. The fourth-order valence-electron chi connectivity index (χ4n) is 2.98. The summed E-state index contributed by atoms with van der Waals surface area (Å²) in [6.45, 7) is 1.97. The minimum Gasteiger partial charge on any atom is -0.494 e. The molecule has 1 amide bonds. The number of hydrogen-bond acceptors (Lipinski definition) is 2. The number of carbonyl (C=O) groups is 1. The highest BCUT2D eigenvalue weighted by Gasteiger charge is 2.21. The quantitative estimate of drug-likeness (QED) is 0.917. The number of aromatic nitrogens is 1. The molecule has 5 heteroatoms. The molecule has 1 saturated heterocycles. The predicted octanol–water partition coefficient (Wildman–Crippen LogP) is 3.64. The second-order valence-electron chi connectivity index (χ2n) is 5.93. The molecule has 0 bridgehead atoms. The Balaban J connectivity index is 1.42. The average Bonchev–Trinajstić information content (AvgIpc) is 3.10. The third-order valence-electron chi connectivity index (χ3n) is 4.42. The van der Waals surface area contributed by atoms with Gasteiger partial charge in [-0.1, -0.05) is 0 Å². The lowest BCUT2D eigenvalue weighted by Crippen LogP contribution is -2.37. The number of likely N-dealkylation sites (tertiary alicyclic amines) is 1. The molecule has 0 atom stereocenters. The van der Waals surface area contributed by atoms with Gasteiger partial charge in [-0.25, -0.2) is 4.79 Å². The minimum absolute atomic E-state index is 0.560. The number of carboxylic acid groups (broad SMARTS) is 1. The van der Waals surface area contributed by atoms with Crippen LogP contribution in [0.4, 0.5) is 4.79 Å². The number of amides is 1. The topological polar surface area (TPSA) is 54.7 Å². The first-order valence-electron chi connectivity index (χ1n) is 8.06. The monoisotopic (exact) mass is 314 g/mol. The smallest absolute Gasteiger partial charge is 0.407 e. The van der Waals surface area contributed by atoms with Gasteiger partial charge in [-0.05, 0) is 61.6 Å². The molecule has 1 N–H and O–H groups in total. The molecular formula is C18H22N2O3. The van der Waals surface area contributed by atoms with E-state index in [2.05, 4.69) is 4.57 Å². The number of piperidine rings is 1. The molecule has 5 nitrogen and oxygen atoms in total. The maximum Gasteiger partial charge on any atom is 0.407 e. The van der Waals surface area contributed by atoms with Crippen molar-refractivity contribution in [2.75, 3.05) is 19.7 Å². The summed E-state index contributed by atoms with van der Waals surface area (Å²) in [6, 6.07) is 12.1. The van der Waals surface area contributed by atoms with Gasteiger partial charge >= 0.3 is 6.09 Å². The molecule has 3 rings (SSSR count). The first kappa shape index (κ1) is 15.5. The SMILES string of the molecule is O=C(O)N1CCC(CCOc2ccc(-n3cccc3)cc2)CC1. The van der Waals surface area contributed by atoms with Crippen molar-refractivity contribution < 1.29 is 14.6 Å². The van der Waals surface area contributed by atoms with Crippen molar-refractivity contribution in [3.05, 3.63) is 48.8 Å². The lowest BCUT2D eigenvalue weighted by molar-refractivity contribution is 0.119. The van der Waals surface area contributed by atoms with Crippen LogP contribution in [0.3, 0.4) is 0 Å². The molecule has 23 heavy (non-hydrogen) atoms. The Morgan fingerprint density at radius 2 is 1.78 bits per heavy atom. The van der Waals surface area contributed by atoms with Crippen LogP contribution in [0.2, 0.25) is 0 Å². The summed E-state index contributed by atoms with van der Waals surface area (Å²) in [5, 5.41) is 8.94. The van der Waals surface area contributed by atoms with E-state index in [-0.39, 0.29) is 0 Å². The minimum atomic E-state index is -0.803. The number of ether oxygens (including phenoxy) is 1. The van der Waals surface area contributed by atoms with Gasteiger partial charge in [0.2, 0.25) is 0 Å². The molecular weight excluding hydrogens is 292 g/mol. The van der Waals surface area contributed by atoms with Crippen LogP contribution in [0, 0.1) is 5.92 Å². The van der Waals surface area contributed by atoms with Gasteiger partial charge in [0.1, 0.15) is 5.75 Å². The number of benzene rings is 1. The van der Waals surface area contributed by atoms with E-state index in [9.17, 15) is 4.79 Å². The van der Waals surface area contributed by atoms with Gasteiger partial charge in [-0.3, -0.25) is 0 Å². The van der Waals surface area contributed by atoms with Crippen molar-refractivity contribution in [1.82, 2.24) is 9.47 Å². The van der Waals surface area contributed by atoms with Crippen LogP contribution < -0.4 is 4.74 Å². The molecule has 1 aliphatic heterocycles. The van der Waals surface area contributed by atoms with Gasteiger partial charge in [-0.15, -0.1) is 0 Å². The van der Waals surface area contributed by atoms with Crippen LogP contribution in [0.5, 0.6) is 5.75 Å². The number of rotatable bonds is 5. The zero-order chi connectivity index (χ0) is 16.1. The summed E-state index contributed by atoms with van der Waals surface area (Å²) < 4.78 is 7.87. The maximum absolute atomic E-state index is 10.9. The van der Waals surface area contributed by atoms with Crippen molar-refractivity contribution >= 4 is 6.09 Å². The average molecular weight is 314 g/mol. The maximum atomic E-state index is 10.9. The van der Waals surface area contributed by atoms with Crippen molar-refractivity contribution in [2.24, 2.45) is 5.92 Å². The third kappa shape index (κ3) is 4.06. The largest absolute Gasteiger partial charge is 0.494 e. The fourth-order valence-corrected chi connectivity index (χ4v) is 2.98. The van der Waals surface area contributed by atoms with Crippen molar-refractivity contribution in [3.8, 4) is 11.4 Å². The summed E-state index contributed by atoms with van der Waals surface area (Å²) in [7, 11) is 0. The van der Waals surface area contributed by atoms with Gasteiger partial charge in [0, 0.05) is 31.2 Å². The molecule has 0 saturated carbocycles. The van der Waals surface area contributed by atoms with Gasteiger partial charge in [0.05, 0.1) is 6.61 Å². The molecule has 1 aliphatic rings. The van der Waals surface area contributed by atoms with Crippen LogP contribution in [0.25, 0.3) is 5.69 Å². The van der Waals surface area contributed by atoms with Gasteiger partial charge in [-0.2, -0.15) is 0 Å². The summed E-state index contributed by atoms with van der Waals surface area (Å²) in [4.78, 5) is 12.4. The Kier molecular flexibility index (Phi) is 4.86. The van der Waals surface area contributed by atoms with E-state index in [1.165, 1.54) is 4.90 Å². The van der Waals surface area contributed by atoms with Crippen LogP contribution in [-0.4, -0.2) is 40.4 Å². The van der Waals surface area contributed by atoms with Crippen LogP contribution in [0.15, 0.2) is 48.8 Å². The van der Waals surface area contributed by atoms with Gasteiger partial charge < -0.3 is 19.3 Å². The third-order valence-corrected chi connectivity index (χ3v) is 4.42. The molecule has 2 heterocycles. The van der Waals surface area contributed by atoms with E-state index in [0.29, 0.717) is 25.6 Å². The molecule has 1 fully saturated rings. The lowest BCUT2D eigenvalue weighted by Gasteiger charge is -2.29. The Hall–Kier alpha value is -2.43. The second-order valence-corrected chi connectivity index (χ2v) is 5.93. The first-order chi connectivity index (χ1) is 11.2. The lowest BCUT2D eigenvalue weighted by atomic mass is 9.94. The number of nitrogens with zero attached hydrogens (tertiary/aromatic N) is 2. The Morgan fingerprint density at radius 3 is 2.39 bits per heavy atom. The van der Waals surface area contributed by atoms with E-state index in [4.69, 9.17) is 9.84 Å². The predicted molar refractivity (Wildman–Crippen MR) is 88.2 cm³/mol. The zero-order valence-electron chi connectivity index (χ0n) is 13.1. The molecule has 0 aliphatic carbocycles. The molecule has 0 unspecified atom stereocenters. The second kappa shape index (κ2) is 7.22. The fraction of sp³-hybridized carbons (Fsp3) is 0.389. The molecule has 122 valence electrons. The standard InChI is InChI=1S/C18H22N2O3/c21-18(22)20-12-7-15(8-13-20)9-14-23-17-5-3-16(4-6-17)19-10-1-2-11-19/h1-6,10-11,15H,7-9,12-14H2,(H,21,22). The Bertz CT molecular complexity index is 614. The first-order valence-corrected chi connectivity index (χ1v) is 8.06. The summed E-state index contributed by atoms with van der Waals surface area (Å²) >= 11 is 0. The van der Waals surface area contributed by atoms with Crippen molar-refractivity contribution in [3.63, 3.8) is 0 Å². The van der Waals surface area contributed by atoms with E-state index in [1.807, 2.05) is 48.8 Å². The number of hydrogen-bond donors (Lipinski definition) is 1. The van der Waals surface area contributed by atoms with Crippen LogP contribution in [0.1, 0.15) is 19.3 Å². The highest BCUT2D eigenvalue weighted by molar-refractivity contribution is 5.64. The summed E-state index contributed by atoms with van der Waals surface area (Å²) in [5.41, 5.74) is 1.11. The van der Waals surface area contributed by atoms with Crippen molar-refractivity contribution in [2.45, 2.75) is 19.3 Å². The summed E-state index contributed by atoms with van der Waals surface area (Å²) in [6.07, 6.45) is 6.07. The van der Waals surface area contributed by atoms with Crippen LogP contribution >= 0.6 is 0 Å². The van der Waals surface area contributed by atoms with Crippen molar-refractivity contribution in [1.29, 1.82) is 0 Å². The van der Waals surface area contributed by atoms with Crippen LogP contribution in [-0.2, 0) is 0 Å². The van der Waals surface area contributed by atoms with E-state index in [0.717, 1.165) is 30.7 Å². The molecule has 0 spiro atoms.